The Morgan fingerprint density at radius 1 is 0.844 bits per heavy atom. The van der Waals surface area contributed by atoms with Gasteiger partial charge in [-0.25, -0.2) is 0 Å². The monoisotopic (exact) mass is 640 g/mol. The molecule has 0 saturated carbocycles. The van der Waals surface area contributed by atoms with Crippen molar-refractivity contribution in [2.45, 2.75) is 90.7 Å². The minimum atomic E-state index is -4.76. The average molecular weight is 640 g/mol. The molecule has 0 aliphatic rings. The molecule has 0 amide bonds. The molecule has 0 heterocycles. The zero-order chi connectivity index (χ0) is 21.6. The molecule has 2 radical (unpaired) electrons. The molecule has 0 spiro atoms. The number of hydrogen-bond donors (Lipinski definition) is 1. The van der Waals surface area contributed by atoms with Gasteiger partial charge in [0, 0.05) is 0 Å². The van der Waals surface area contributed by atoms with Crippen molar-refractivity contribution in [1.82, 2.24) is 0 Å². The molecule has 7 nitrogen and oxygen atoms in total. The van der Waals surface area contributed by atoms with Gasteiger partial charge in [0.05, 0.1) is 19.6 Å². The molecule has 0 aromatic heterocycles. The second kappa shape index (κ2) is 25.3. The van der Waals surface area contributed by atoms with Crippen LogP contribution in [0.2, 0.25) is 0 Å². The van der Waals surface area contributed by atoms with Crippen LogP contribution < -0.4 is 0 Å². The minimum absolute atomic E-state index is 0. The van der Waals surface area contributed by atoms with E-state index in [9.17, 15) is 22.6 Å². The van der Waals surface area contributed by atoms with E-state index in [2.05, 4.69) is 13.8 Å². The van der Waals surface area contributed by atoms with Gasteiger partial charge in [0.2, 0.25) is 0 Å². The predicted molar refractivity (Wildman–Crippen MR) is 139 cm³/mol. The number of carbonyl (C=O) groups is 2. The van der Waals surface area contributed by atoms with E-state index in [-0.39, 0.29) is 103 Å². The summed E-state index contributed by atoms with van der Waals surface area (Å²) in [4.78, 5) is 24.2. The van der Waals surface area contributed by atoms with Crippen LogP contribution in [0.15, 0.2) is 0 Å². The van der Waals surface area contributed by atoms with Crippen molar-refractivity contribution in [3.8, 4) is 0 Å². The van der Waals surface area contributed by atoms with Crippen molar-refractivity contribution in [3.05, 3.63) is 0 Å². The molecule has 0 aromatic carbocycles. The van der Waals surface area contributed by atoms with Crippen molar-refractivity contribution in [3.63, 3.8) is 0 Å². The van der Waals surface area contributed by atoms with Crippen LogP contribution in [-0.4, -0.2) is 96.8 Å². The molecule has 12 heteroatoms. The van der Waals surface area contributed by atoms with Crippen LogP contribution in [0.3, 0.4) is 0 Å². The second-order valence-electron chi connectivity index (χ2n) is 7.35. The molecule has 0 saturated heterocycles. The third-order valence-electron chi connectivity index (χ3n) is 5.00. The van der Waals surface area contributed by atoms with Crippen LogP contribution in [0, 0.1) is 11.8 Å². The first-order valence-electron chi connectivity index (χ1n) is 10.5. The topological polar surface area (TPSA) is 107 Å². The van der Waals surface area contributed by atoms with Gasteiger partial charge in [0.1, 0.15) is 0 Å². The Morgan fingerprint density at radius 3 is 1.59 bits per heavy atom. The van der Waals surface area contributed by atoms with Crippen molar-refractivity contribution >= 4 is 100 Å². The van der Waals surface area contributed by atoms with Crippen LogP contribution in [-0.2, 0) is 29.2 Å². The van der Waals surface area contributed by atoms with Gasteiger partial charge in [-0.1, -0.05) is 66.2 Å². The number of carbonyl (C=O) groups excluding carboxylic acids is 2. The molecule has 0 rings (SSSR count). The van der Waals surface area contributed by atoms with E-state index in [1.807, 2.05) is 13.8 Å². The van der Waals surface area contributed by atoms with Crippen molar-refractivity contribution in [2.75, 3.05) is 13.2 Å². The summed E-state index contributed by atoms with van der Waals surface area (Å²) < 4.78 is 42.8. The van der Waals surface area contributed by atoms with Gasteiger partial charge >= 0.3 is 65.4 Å². The molecule has 0 aliphatic heterocycles. The van der Waals surface area contributed by atoms with Crippen molar-refractivity contribution in [1.29, 1.82) is 0 Å². The summed E-state index contributed by atoms with van der Waals surface area (Å²) in [5, 5.41) is -1.95. The van der Waals surface area contributed by atoms with Gasteiger partial charge in [0.15, 0.2) is 5.25 Å². The summed E-state index contributed by atoms with van der Waals surface area (Å²) in [6.45, 7) is 8.35. The first-order valence-corrected chi connectivity index (χ1v) is 12.0. The summed E-state index contributed by atoms with van der Waals surface area (Å²) in [6, 6.07) is 0. The van der Waals surface area contributed by atoms with E-state index in [4.69, 9.17) is 9.47 Å². The molecule has 190 valence electrons. The molecular weight excluding hydrogens is 597 g/mol. The maximum absolute atomic E-state index is 12.2. The Bertz CT molecular complexity index is 568. The van der Waals surface area contributed by atoms with E-state index in [0.29, 0.717) is 0 Å². The Hall–Kier alpha value is 1.23. The van der Waals surface area contributed by atoms with E-state index < -0.39 is 33.7 Å². The standard InChI is InChI=1S/C20H38O7S.2ClH.Na.Sn.3H/c1-5-9-11-16(7-3)14-26-19(21)13-18(28(23,24)25)20(22)27-15-17(8-4)12-10-6-2;;;;;;;/h16-18H,5-15H2,1-4H3,(H,23,24,25);2*1H;;;;;. The van der Waals surface area contributed by atoms with Gasteiger partial charge in [-0.05, 0) is 24.7 Å². The van der Waals surface area contributed by atoms with Gasteiger partial charge in [0.25, 0.3) is 10.1 Å². The first kappa shape index (κ1) is 43.3. The molecule has 0 aliphatic carbocycles. The molecule has 3 unspecified atom stereocenters. The zero-order valence-electron chi connectivity index (χ0n) is 19.3. The fraction of sp³-hybridized carbons (Fsp3) is 0.900. The maximum atomic E-state index is 12.2. The fourth-order valence-corrected chi connectivity index (χ4v) is 3.48. The Balaban J connectivity index is -0.000000607. The van der Waals surface area contributed by atoms with E-state index in [0.717, 1.165) is 51.4 Å². The van der Waals surface area contributed by atoms with Gasteiger partial charge < -0.3 is 9.47 Å². The zero-order valence-corrected chi connectivity index (χ0v) is 25.8. The van der Waals surface area contributed by atoms with Crippen molar-refractivity contribution in [2.24, 2.45) is 11.8 Å². The number of hydrogen-bond acceptors (Lipinski definition) is 6. The average Bonchev–Trinajstić information content (AvgIpc) is 2.65. The summed E-state index contributed by atoms with van der Waals surface area (Å²) in [6.07, 6.45) is 6.74. The molecule has 0 bridgehead atoms. The number of rotatable bonds is 16. The number of unbranched alkanes of at least 4 members (excludes halogenated alkanes) is 2. The molecule has 32 heavy (non-hydrogen) atoms. The Morgan fingerprint density at radius 2 is 1.25 bits per heavy atom. The van der Waals surface area contributed by atoms with Crippen LogP contribution in [0.5, 0.6) is 0 Å². The Kier molecular flexibility index (Phi) is 34.3. The molecule has 0 fully saturated rings. The SMILES string of the molecule is CCCCC(CC)COC(=O)CC(C(=O)OCC(CC)CCCC)S(=O)(=O)O.Cl.Cl.[NaH].[SnH2]. The quantitative estimate of drug-likeness (QED) is 0.157. The van der Waals surface area contributed by atoms with Crippen LogP contribution in [0.25, 0.3) is 0 Å². The number of esters is 2. The normalized spacial score (nSPS) is 13.0. The van der Waals surface area contributed by atoms with Crippen LogP contribution in [0.4, 0.5) is 0 Å². The summed E-state index contributed by atoms with van der Waals surface area (Å²) in [5.41, 5.74) is 0. The third kappa shape index (κ3) is 20.6. The number of halogens is 2. The van der Waals surface area contributed by atoms with E-state index in [1.165, 1.54) is 0 Å². The molecule has 0 aromatic rings. The van der Waals surface area contributed by atoms with Crippen LogP contribution in [0.1, 0.15) is 85.5 Å². The Labute approximate surface area is 246 Å². The second-order valence-corrected chi connectivity index (χ2v) is 8.95. The third-order valence-corrected chi connectivity index (χ3v) is 6.08. The summed E-state index contributed by atoms with van der Waals surface area (Å²) in [7, 11) is -4.76. The molecular formula is C20H43Cl2NaO7SSn. The van der Waals surface area contributed by atoms with Crippen LogP contribution >= 0.6 is 24.8 Å². The fourth-order valence-electron chi connectivity index (χ4n) is 2.82. The summed E-state index contributed by atoms with van der Waals surface area (Å²) in [5.74, 6) is -1.61. The van der Waals surface area contributed by atoms with Gasteiger partial charge in [-0.15, -0.1) is 24.8 Å². The molecule has 1 N–H and O–H groups in total. The first-order chi connectivity index (χ1) is 13.2. The predicted octanol–water partition coefficient (Wildman–Crippen LogP) is 3.43. The number of ether oxygens (including phenoxy) is 2. The summed E-state index contributed by atoms with van der Waals surface area (Å²) >= 11 is 0. The van der Waals surface area contributed by atoms with Gasteiger partial charge in [-0.3, -0.25) is 14.1 Å². The van der Waals surface area contributed by atoms with E-state index in [1.54, 1.807) is 0 Å². The van der Waals surface area contributed by atoms with Gasteiger partial charge in [-0.2, -0.15) is 8.42 Å². The molecule has 3 atom stereocenters. The van der Waals surface area contributed by atoms with E-state index >= 15 is 0 Å². The van der Waals surface area contributed by atoms with Crippen molar-refractivity contribution < 1.29 is 32.0 Å².